The summed E-state index contributed by atoms with van der Waals surface area (Å²) in [5, 5.41) is 0.785. The Kier molecular flexibility index (Phi) is 4.45. The molecule has 1 amide bonds. The van der Waals surface area contributed by atoms with Crippen LogP contribution in [-0.4, -0.2) is 5.91 Å². The van der Waals surface area contributed by atoms with Crippen molar-refractivity contribution in [1.29, 1.82) is 0 Å². The van der Waals surface area contributed by atoms with Crippen molar-refractivity contribution in [3.63, 3.8) is 0 Å². The summed E-state index contributed by atoms with van der Waals surface area (Å²) in [4.78, 5) is 28.4. The molecular formula is C25H17ClFNO3. The van der Waals surface area contributed by atoms with E-state index in [0.717, 1.165) is 11.1 Å². The largest absolute Gasteiger partial charge is 0.450 e. The number of aryl methyl sites for hydroxylation is 2. The minimum atomic E-state index is -0.968. The van der Waals surface area contributed by atoms with Gasteiger partial charge in [0, 0.05) is 16.3 Å². The van der Waals surface area contributed by atoms with Crippen LogP contribution in [0, 0.1) is 19.7 Å². The maximum absolute atomic E-state index is 14.9. The van der Waals surface area contributed by atoms with Crippen LogP contribution in [-0.2, 0) is 0 Å². The fourth-order valence-electron chi connectivity index (χ4n) is 4.11. The summed E-state index contributed by atoms with van der Waals surface area (Å²) in [6.45, 7) is 3.81. The first-order chi connectivity index (χ1) is 14.9. The lowest BCUT2D eigenvalue weighted by Gasteiger charge is -2.25. The van der Waals surface area contributed by atoms with Gasteiger partial charge < -0.3 is 4.42 Å². The minimum absolute atomic E-state index is 0.0750. The van der Waals surface area contributed by atoms with Gasteiger partial charge in [0.15, 0.2) is 5.43 Å². The van der Waals surface area contributed by atoms with Gasteiger partial charge in [-0.2, -0.15) is 0 Å². The highest BCUT2D eigenvalue weighted by Crippen LogP contribution is 2.42. The highest BCUT2D eigenvalue weighted by atomic mass is 35.5. The van der Waals surface area contributed by atoms with E-state index in [2.05, 4.69) is 0 Å². The zero-order chi connectivity index (χ0) is 21.9. The molecular weight excluding hydrogens is 417 g/mol. The summed E-state index contributed by atoms with van der Waals surface area (Å²) in [6.07, 6.45) is 0. The van der Waals surface area contributed by atoms with E-state index in [4.69, 9.17) is 16.0 Å². The molecule has 0 saturated carbocycles. The lowest BCUT2D eigenvalue weighted by molar-refractivity contribution is 0.0971. The van der Waals surface area contributed by atoms with Crippen molar-refractivity contribution in [3.05, 3.63) is 110 Å². The molecule has 1 atom stereocenters. The number of rotatable bonds is 2. The first-order valence-corrected chi connectivity index (χ1v) is 10.2. The zero-order valence-electron chi connectivity index (χ0n) is 16.8. The lowest BCUT2D eigenvalue weighted by atomic mass is 9.97. The summed E-state index contributed by atoms with van der Waals surface area (Å²) >= 11 is 6.16. The molecule has 1 aliphatic heterocycles. The van der Waals surface area contributed by atoms with Gasteiger partial charge >= 0.3 is 0 Å². The standard InChI is InChI=1S/C25H17ClFNO3/c1-13-10-18-20(11-14(13)2)31-24-21(23(18)29)22(17-8-3-4-9-19(17)27)28(25(24)30)16-7-5-6-15(26)12-16/h3-12,22H,1-2H3. The number of carbonyl (C=O) groups excluding carboxylic acids is 1. The normalized spacial score (nSPS) is 15.5. The molecule has 4 aromatic rings. The smallest absolute Gasteiger partial charge is 0.295 e. The lowest BCUT2D eigenvalue weighted by Crippen LogP contribution is -2.30. The van der Waals surface area contributed by atoms with Crippen LogP contribution in [0.5, 0.6) is 0 Å². The molecule has 1 aliphatic rings. The average Bonchev–Trinajstić information content (AvgIpc) is 3.02. The van der Waals surface area contributed by atoms with E-state index < -0.39 is 17.8 Å². The summed E-state index contributed by atoms with van der Waals surface area (Å²) in [5.41, 5.74) is 2.66. The molecule has 1 aromatic heterocycles. The highest BCUT2D eigenvalue weighted by molar-refractivity contribution is 6.31. The third-order valence-electron chi connectivity index (χ3n) is 5.77. The molecule has 0 N–H and O–H groups in total. The Labute approximate surface area is 182 Å². The monoisotopic (exact) mass is 433 g/mol. The van der Waals surface area contributed by atoms with Crippen molar-refractivity contribution in [3.8, 4) is 0 Å². The molecule has 0 aliphatic carbocycles. The number of amides is 1. The van der Waals surface area contributed by atoms with Crippen LogP contribution in [0.15, 0.2) is 69.9 Å². The maximum atomic E-state index is 14.9. The molecule has 0 saturated heterocycles. The highest BCUT2D eigenvalue weighted by Gasteiger charge is 2.44. The summed E-state index contributed by atoms with van der Waals surface area (Å²) in [6, 6.07) is 15.3. The van der Waals surface area contributed by atoms with Gasteiger partial charge in [0.1, 0.15) is 11.4 Å². The van der Waals surface area contributed by atoms with Gasteiger partial charge in [0.2, 0.25) is 5.76 Å². The van der Waals surface area contributed by atoms with E-state index in [-0.39, 0.29) is 22.3 Å². The Bertz CT molecular complexity index is 1440. The molecule has 0 bridgehead atoms. The molecule has 0 fully saturated rings. The topological polar surface area (TPSA) is 50.5 Å². The minimum Gasteiger partial charge on any atom is -0.450 e. The van der Waals surface area contributed by atoms with Gasteiger partial charge in [-0.25, -0.2) is 4.39 Å². The zero-order valence-corrected chi connectivity index (χ0v) is 17.5. The van der Waals surface area contributed by atoms with Crippen LogP contribution in [0.25, 0.3) is 11.0 Å². The average molecular weight is 434 g/mol. The second-order valence-electron chi connectivity index (χ2n) is 7.69. The third kappa shape index (κ3) is 2.96. The quantitative estimate of drug-likeness (QED) is 0.392. The molecule has 5 rings (SSSR count). The second-order valence-corrected chi connectivity index (χ2v) is 8.12. The molecule has 0 spiro atoms. The van der Waals surface area contributed by atoms with Gasteiger partial charge in [0.25, 0.3) is 5.91 Å². The molecule has 1 unspecified atom stereocenters. The number of benzene rings is 3. The predicted octanol–water partition coefficient (Wildman–Crippen LogP) is 5.95. The molecule has 2 heterocycles. The number of anilines is 1. The Hall–Kier alpha value is -3.44. The molecule has 31 heavy (non-hydrogen) atoms. The Morgan fingerprint density at radius 1 is 0.968 bits per heavy atom. The predicted molar refractivity (Wildman–Crippen MR) is 118 cm³/mol. The van der Waals surface area contributed by atoms with Crippen molar-refractivity contribution in [2.45, 2.75) is 19.9 Å². The number of halogens is 2. The molecule has 4 nitrogen and oxygen atoms in total. The fraction of sp³-hybridized carbons (Fsp3) is 0.120. The maximum Gasteiger partial charge on any atom is 0.295 e. The number of nitrogens with zero attached hydrogens (tertiary/aromatic N) is 1. The van der Waals surface area contributed by atoms with Crippen molar-refractivity contribution in [2.75, 3.05) is 4.90 Å². The van der Waals surface area contributed by atoms with Gasteiger partial charge in [0.05, 0.1) is 17.0 Å². The Morgan fingerprint density at radius 3 is 2.45 bits per heavy atom. The van der Waals surface area contributed by atoms with Crippen molar-refractivity contribution < 1.29 is 13.6 Å². The third-order valence-corrected chi connectivity index (χ3v) is 6.01. The van der Waals surface area contributed by atoms with Crippen LogP contribution >= 0.6 is 11.6 Å². The number of hydrogen-bond acceptors (Lipinski definition) is 3. The molecule has 3 aromatic carbocycles. The van der Waals surface area contributed by atoms with Crippen molar-refractivity contribution in [1.82, 2.24) is 0 Å². The van der Waals surface area contributed by atoms with Crippen LogP contribution in [0.2, 0.25) is 5.02 Å². The summed E-state index contributed by atoms with van der Waals surface area (Å²) in [5.74, 6) is -1.10. The van der Waals surface area contributed by atoms with E-state index in [1.807, 2.05) is 13.8 Å². The van der Waals surface area contributed by atoms with E-state index in [9.17, 15) is 14.0 Å². The van der Waals surface area contributed by atoms with E-state index >= 15 is 0 Å². The van der Waals surface area contributed by atoms with Gasteiger partial charge in [-0.05, 0) is 61.4 Å². The van der Waals surface area contributed by atoms with Gasteiger partial charge in [-0.15, -0.1) is 0 Å². The van der Waals surface area contributed by atoms with Gasteiger partial charge in [-0.1, -0.05) is 35.9 Å². The number of carbonyl (C=O) groups is 1. The summed E-state index contributed by atoms with van der Waals surface area (Å²) < 4.78 is 20.9. The molecule has 6 heteroatoms. The SMILES string of the molecule is Cc1cc2oc3c(c(=O)c2cc1C)C(c1ccccc1F)N(c1cccc(Cl)c1)C3=O. The van der Waals surface area contributed by atoms with Crippen LogP contribution in [0.3, 0.4) is 0 Å². The summed E-state index contributed by atoms with van der Waals surface area (Å²) in [7, 11) is 0. The van der Waals surface area contributed by atoms with E-state index in [1.54, 1.807) is 54.6 Å². The van der Waals surface area contributed by atoms with Crippen molar-refractivity contribution >= 4 is 34.2 Å². The first-order valence-electron chi connectivity index (χ1n) is 9.78. The number of fused-ring (bicyclic) bond motifs is 2. The fourth-order valence-corrected chi connectivity index (χ4v) is 4.30. The van der Waals surface area contributed by atoms with Gasteiger partial charge in [-0.3, -0.25) is 14.5 Å². The van der Waals surface area contributed by atoms with Crippen LogP contribution in [0.1, 0.15) is 38.9 Å². The Balaban J connectivity index is 1.86. The van der Waals surface area contributed by atoms with Crippen LogP contribution in [0.4, 0.5) is 10.1 Å². The van der Waals surface area contributed by atoms with Crippen LogP contribution < -0.4 is 10.3 Å². The molecule has 154 valence electrons. The second kappa shape index (κ2) is 7.06. The number of hydrogen-bond donors (Lipinski definition) is 0. The van der Waals surface area contributed by atoms with E-state index in [1.165, 1.54) is 11.0 Å². The molecule has 0 radical (unpaired) electrons. The Morgan fingerprint density at radius 2 is 1.71 bits per heavy atom. The van der Waals surface area contributed by atoms with Crippen molar-refractivity contribution in [2.24, 2.45) is 0 Å². The van der Waals surface area contributed by atoms with E-state index in [0.29, 0.717) is 21.7 Å². The first kappa shape index (κ1) is 19.5.